The van der Waals surface area contributed by atoms with Crippen molar-refractivity contribution in [2.75, 3.05) is 0 Å². The van der Waals surface area contributed by atoms with Crippen LogP contribution in [0.15, 0.2) is 12.2 Å². The lowest BCUT2D eigenvalue weighted by Crippen LogP contribution is -2.56. The van der Waals surface area contributed by atoms with E-state index in [1.807, 2.05) is 0 Å². The summed E-state index contributed by atoms with van der Waals surface area (Å²) < 4.78 is 0. The van der Waals surface area contributed by atoms with E-state index >= 15 is 0 Å². The molecule has 14 heavy (non-hydrogen) atoms. The number of hydrogen-bond donors (Lipinski definition) is 0. The molecule has 3 rings (SSSR count). The van der Waals surface area contributed by atoms with Crippen molar-refractivity contribution in [2.24, 2.45) is 22.2 Å². The van der Waals surface area contributed by atoms with E-state index in [9.17, 15) is 0 Å². The first kappa shape index (κ1) is 9.00. The second-order valence-electron chi connectivity index (χ2n) is 6.80. The Morgan fingerprint density at radius 3 is 2.64 bits per heavy atom. The molecule has 2 fully saturated rings. The van der Waals surface area contributed by atoms with Crippen molar-refractivity contribution >= 4 is 0 Å². The molecule has 0 nitrogen and oxygen atoms in total. The monoisotopic (exact) mass is 190 g/mol. The Balaban J connectivity index is 2.04. The first-order valence-corrected chi connectivity index (χ1v) is 6.18. The second-order valence-corrected chi connectivity index (χ2v) is 6.80. The molecule has 3 atom stereocenters. The third-order valence-corrected chi connectivity index (χ3v) is 5.70. The molecule has 0 heteroatoms. The van der Waals surface area contributed by atoms with E-state index < -0.39 is 0 Å². The Kier molecular flexibility index (Phi) is 1.47. The molecule has 0 bridgehead atoms. The third-order valence-electron chi connectivity index (χ3n) is 5.70. The van der Waals surface area contributed by atoms with Gasteiger partial charge in [0.15, 0.2) is 0 Å². The average molecular weight is 190 g/mol. The lowest BCUT2D eigenvalue weighted by Gasteiger charge is -2.63. The van der Waals surface area contributed by atoms with Gasteiger partial charge in [0.25, 0.3) is 0 Å². The zero-order valence-electron chi connectivity index (χ0n) is 9.77. The van der Waals surface area contributed by atoms with Gasteiger partial charge in [-0.15, -0.1) is 0 Å². The maximum absolute atomic E-state index is 2.60. The topological polar surface area (TPSA) is 0 Å². The summed E-state index contributed by atoms with van der Waals surface area (Å²) in [6.45, 7) is 7.49. The van der Waals surface area contributed by atoms with Crippen molar-refractivity contribution in [3.8, 4) is 0 Å². The van der Waals surface area contributed by atoms with E-state index in [0.717, 1.165) is 5.92 Å². The molecule has 0 aromatic rings. The van der Waals surface area contributed by atoms with Crippen LogP contribution in [0.2, 0.25) is 0 Å². The van der Waals surface area contributed by atoms with Crippen LogP contribution >= 0.6 is 0 Å². The Bertz CT molecular complexity index is 299. The summed E-state index contributed by atoms with van der Waals surface area (Å²) in [6.07, 6.45) is 12.2. The molecule has 1 spiro atoms. The van der Waals surface area contributed by atoms with E-state index in [1.54, 1.807) is 0 Å². The summed E-state index contributed by atoms with van der Waals surface area (Å²) in [7, 11) is 0. The van der Waals surface area contributed by atoms with Crippen LogP contribution in [0, 0.1) is 22.2 Å². The molecular formula is C14H22. The van der Waals surface area contributed by atoms with Crippen LogP contribution in [0.5, 0.6) is 0 Å². The highest BCUT2D eigenvalue weighted by Gasteiger charge is 2.67. The molecule has 0 N–H and O–H groups in total. The van der Waals surface area contributed by atoms with Crippen molar-refractivity contribution in [3.63, 3.8) is 0 Å². The van der Waals surface area contributed by atoms with Crippen LogP contribution in [0.25, 0.3) is 0 Å². The maximum atomic E-state index is 2.60. The fourth-order valence-corrected chi connectivity index (χ4v) is 4.97. The normalized spacial score (nSPS) is 53.5. The van der Waals surface area contributed by atoms with Crippen LogP contribution in [0.4, 0.5) is 0 Å². The van der Waals surface area contributed by atoms with Crippen molar-refractivity contribution in [1.29, 1.82) is 0 Å². The highest BCUT2D eigenvalue weighted by atomic mass is 14.7. The molecule has 0 saturated heterocycles. The van der Waals surface area contributed by atoms with Crippen molar-refractivity contribution < 1.29 is 0 Å². The number of rotatable bonds is 0. The van der Waals surface area contributed by atoms with Crippen LogP contribution in [-0.2, 0) is 0 Å². The molecule has 78 valence electrons. The van der Waals surface area contributed by atoms with Crippen molar-refractivity contribution in [2.45, 2.75) is 52.9 Å². The maximum Gasteiger partial charge on any atom is -0.00259 e. The molecule has 3 unspecified atom stereocenters. The first-order chi connectivity index (χ1) is 6.50. The highest BCUT2D eigenvalue weighted by Crippen LogP contribution is 2.76. The van der Waals surface area contributed by atoms with Gasteiger partial charge in [0, 0.05) is 0 Å². The molecule has 0 aromatic carbocycles. The number of allylic oxidation sites excluding steroid dienone is 2. The Labute approximate surface area is 87.8 Å². The second kappa shape index (κ2) is 2.28. The van der Waals surface area contributed by atoms with E-state index in [2.05, 4.69) is 32.9 Å². The molecule has 0 radical (unpaired) electrons. The molecule has 0 heterocycles. The van der Waals surface area contributed by atoms with E-state index in [4.69, 9.17) is 0 Å². The van der Waals surface area contributed by atoms with Gasteiger partial charge in [-0.3, -0.25) is 0 Å². The third kappa shape index (κ3) is 0.777. The van der Waals surface area contributed by atoms with Gasteiger partial charge in [-0.05, 0) is 54.3 Å². The summed E-state index contributed by atoms with van der Waals surface area (Å²) in [5.74, 6) is 0.983. The minimum atomic E-state index is 0.620. The van der Waals surface area contributed by atoms with Gasteiger partial charge in [0.05, 0.1) is 0 Å². The molecule has 0 aliphatic heterocycles. The molecule has 0 amide bonds. The standard InChI is InChI=1S/C14H22/c1-12(2)10-14-8-5-4-7-13(14,3)9-6-11(12)14/h5,8,11H,4,6-7,9-10H2,1-3H3. The smallest absolute Gasteiger partial charge is 0.00259 e. The fourth-order valence-electron chi connectivity index (χ4n) is 4.97. The van der Waals surface area contributed by atoms with Crippen LogP contribution < -0.4 is 0 Å². The van der Waals surface area contributed by atoms with Gasteiger partial charge in [-0.2, -0.15) is 0 Å². The van der Waals surface area contributed by atoms with Crippen LogP contribution in [-0.4, -0.2) is 0 Å². The number of hydrogen-bond acceptors (Lipinski definition) is 0. The quantitative estimate of drug-likeness (QED) is 0.503. The van der Waals surface area contributed by atoms with Gasteiger partial charge in [0.2, 0.25) is 0 Å². The SMILES string of the molecule is CC1(C)CC23C=CCCC2(C)CCC13. The van der Waals surface area contributed by atoms with Gasteiger partial charge in [-0.25, -0.2) is 0 Å². The average Bonchev–Trinajstić information content (AvgIpc) is 2.33. The predicted molar refractivity (Wildman–Crippen MR) is 60.0 cm³/mol. The molecule has 3 aliphatic carbocycles. The van der Waals surface area contributed by atoms with Crippen LogP contribution in [0.3, 0.4) is 0 Å². The Morgan fingerprint density at radius 2 is 1.93 bits per heavy atom. The zero-order chi connectivity index (χ0) is 10.0. The molecule has 3 aliphatic rings. The highest BCUT2D eigenvalue weighted by molar-refractivity contribution is 5.26. The summed E-state index contributed by atoms with van der Waals surface area (Å²) in [4.78, 5) is 0. The van der Waals surface area contributed by atoms with E-state index in [1.165, 1.54) is 32.1 Å². The van der Waals surface area contributed by atoms with Gasteiger partial charge >= 0.3 is 0 Å². The summed E-state index contributed by atoms with van der Waals surface area (Å²) in [5.41, 5.74) is 1.90. The van der Waals surface area contributed by atoms with Crippen molar-refractivity contribution in [1.82, 2.24) is 0 Å². The van der Waals surface area contributed by atoms with E-state index in [0.29, 0.717) is 16.2 Å². The minimum absolute atomic E-state index is 0.620. The lowest BCUT2D eigenvalue weighted by molar-refractivity contribution is -0.109. The fraction of sp³-hybridized carbons (Fsp3) is 0.857. The summed E-state index contributed by atoms with van der Waals surface area (Å²) in [6, 6.07) is 0. The minimum Gasteiger partial charge on any atom is -0.0879 e. The summed E-state index contributed by atoms with van der Waals surface area (Å²) >= 11 is 0. The van der Waals surface area contributed by atoms with Crippen molar-refractivity contribution in [3.05, 3.63) is 12.2 Å². The largest absolute Gasteiger partial charge is 0.0879 e. The Morgan fingerprint density at radius 1 is 1.14 bits per heavy atom. The van der Waals surface area contributed by atoms with E-state index in [-0.39, 0.29) is 0 Å². The van der Waals surface area contributed by atoms with Gasteiger partial charge in [0.1, 0.15) is 0 Å². The molecule has 2 saturated carbocycles. The van der Waals surface area contributed by atoms with Crippen LogP contribution in [0.1, 0.15) is 52.9 Å². The molecule has 0 aromatic heterocycles. The van der Waals surface area contributed by atoms with Gasteiger partial charge < -0.3 is 0 Å². The van der Waals surface area contributed by atoms with Gasteiger partial charge in [-0.1, -0.05) is 32.9 Å². The predicted octanol–water partition coefficient (Wildman–Crippen LogP) is 4.17. The first-order valence-electron chi connectivity index (χ1n) is 6.18. The summed E-state index contributed by atoms with van der Waals surface area (Å²) in [5, 5.41) is 0. The lowest BCUT2D eigenvalue weighted by atomic mass is 9.41. The Hall–Kier alpha value is -0.260. The zero-order valence-corrected chi connectivity index (χ0v) is 9.77. The molecular weight excluding hydrogens is 168 g/mol.